The maximum absolute atomic E-state index is 5.76. The van der Waals surface area contributed by atoms with Gasteiger partial charge in [0.1, 0.15) is 17.4 Å². The van der Waals surface area contributed by atoms with E-state index < -0.39 is 0 Å². The molecule has 0 aromatic carbocycles. The zero-order valence-corrected chi connectivity index (χ0v) is 9.45. The summed E-state index contributed by atoms with van der Waals surface area (Å²) in [5, 5.41) is 3.24. The third-order valence-corrected chi connectivity index (χ3v) is 2.32. The van der Waals surface area contributed by atoms with Gasteiger partial charge in [0.2, 0.25) is 0 Å². The third kappa shape index (κ3) is 2.36. The van der Waals surface area contributed by atoms with Crippen LogP contribution in [0.25, 0.3) is 0 Å². The smallest absolute Gasteiger partial charge is 0.168 e. The molecule has 0 saturated carbocycles. The molecule has 5 nitrogen and oxygen atoms in total. The van der Waals surface area contributed by atoms with Crippen LogP contribution in [0.2, 0.25) is 0 Å². The number of nitrogen functional groups attached to an aromatic ring is 1. The number of imidazole rings is 1. The highest BCUT2D eigenvalue weighted by molar-refractivity contribution is 5.57. The van der Waals surface area contributed by atoms with E-state index >= 15 is 0 Å². The van der Waals surface area contributed by atoms with Crippen molar-refractivity contribution in [1.82, 2.24) is 9.97 Å². The van der Waals surface area contributed by atoms with Crippen LogP contribution in [0.5, 0.6) is 0 Å². The zero-order chi connectivity index (χ0) is 11.5. The highest BCUT2D eigenvalue weighted by atomic mass is 16.3. The van der Waals surface area contributed by atoms with Crippen LogP contribution in [0, 0.1) is 6.92 Å². The number of rotatable bonds is 4. The molecule has 5 heteroatoms. The number of furan rings is 1. The molecule has 0 aliphatic heterocycles. The van der Waals surface area contributed by atoms with Crippen molar-refractivity contribution >= 4 is 11.6 Å². The van der Waals surface area contributed by atoms with E-state index in [4.69, 9.17) is 10.2 Å². The number of aryl methyl sites for hydroxylation is 1. The van der Waals surface area contributed by atoms with Crippen LogP contribution in [0.3, 0.4) is 0 Å². The Bertz CT molecular complexity index is 447. The van der Waals surface area contributed by atoms with Gasteiger partial charge in [-0.2, -0.15) is 0 Å². The minimum atomic E-state index is 0.219. The van der Waals surface area contributed by atoms with Gasteiger partial charge in [0.05, 0.1) is 6.26 Å². The third-order valence-electron chi connectivity index (χ3n) is 2.32. The second-order valence-corrected chi connectivity index (χ2v) is 3.91. The number of hydrogen-bond donors (Lipinski definition) is 3. The molecule has 4 N–H and O–H groups in total. The average molecular weight is 220 g/mol. The Labute approximate surface area is 94.1 Å². The Morgan fingerprint density at radius 1 is 1.62 bits per heavy atom. The standard InChI is InChI=1S/C11H16N4O/c1-7(6-9-4-3-5-16-9)13-11-10(12)14-8(2)15-11/h3-5,7,13H,6,12H2,1-2H3,(H,14,15). The van der Waals surface area contributed by atoms with Crippen LogP contribution in [-0.2, 0) is 6.42 Å². The van der Waals surface area contributed by atoms with Crippen molar-refractivity contribution in [1.29, 1.82) is 0 Å². The molecule has 2 aromatic rings. The van der Waals surface area contributed by atoms with Crippen molar-refractivity contribution in [3.05, 3.63) is 30.0 Å². The number of nitrogens with one attached hydrogen (secondary N) is 2. The lowest BCUT2D eigenvalue weighted by atomic mass is 10.2. The Hall–Kier alpha value is -1.91. The molecule has 0 amide bonds. The van der Waals surface area contributed by atoms with Gasteiger partial charge >= 0.3 is 0 Å². The Morgan fingerprint density at radius 3 is 3.00 bits per heavy atom. The van der Waals surface area contributed by atoms with Gasteiger partial charge in [0.15, 0.2) is 5.82 Å². The van der Waals surface area contributed by atoms with Crippen molar-refractivity contribution < 1.29 is 4.42 Å². The van der Waals surface area contributed by atoms with Gasteiger partial charge in [-0.15, -0.1) is 0 Å². The van der Waals surface area contributed by atoms with Gasteiger partial charge in [-0.05, 0) is 26.0 Å². The largest absolute Gasteiger partial charge is 0.469 e. The summed E-state index contributed by atoms with van der Waals surface area (Å²) < 4.78 is 5.28. The minimum absolute atomic E-state index is 0.219. The first-order valence-corrected chi connectivity index (χ1v) is 5.26. The maximum Gasteiger partial charge on any atom is 0.168 e. The quantitative estimate of drug-likeness (QED) is 0.735. The molecule has 0 aliphatic rings. The number of hydrogen-bond acceptors (Lipinski definition) is 4. The van der Waals surface area contributed by atoms with Crippen LogP contribution >= 0.6 is 0 Å². The fourth-order valence-electron chi connectivity index (χ4n) is 1.63. The number of H-pyrrole nitrogens is 1. The number of nitrogens with two attached hydrogens (primary N) is 1. The average Bonchev–Trinajstić information content (AvgIpc) is 2.78. The molecule has 1 unspecified atom stereocenters. The summed E-state index contributed by atoms with van der Waals surface area (Å²) in [5.74, 6) is 3.04. The normalized spacial score (nSPS) is 12.6. The monoisotopic (exact) mass is 220 g/mol. The van der Waals surface area contributed by atoms with Gasteiger partial charge in [-0.25, -0.2) is 4.98 Å². The zero-order valence-electron chi connectivity index (χ0n) is 9.45. The van der Waals surface area contributed by atoms with Crippen LogP contribution in [0.1, 0.15) is 18.5 Å². The molecular formula is C11H16N4O. The van der Waals surface area contributed by atoms with Gasteiger partial charge in [-0.3, -0.25) is 0 Å². The summed E-state index contributed by atoms with van der Waals surface area (Å²) in [6, 6.07) is 4.06. The van der Waals surface area contributed by atoms with E-state index in [-0.39, 0.29) is 6.04 Å². The molecule has 2 aromatic heterocycles. The minimum Gasteiger partial charge on any atom is -0.469 e. The van der Waals surface area contributed by atoms with Gasteiger partial charge in [-0.1, -0.05) is 0 Å². The molecule has 0 spiro atoms. The highest BCUT2D eigenvalue weighted by Crippen LogP contribution is 2.16. The molecule has 2 rings (SSSR count). The van der Waals surface area contributed by atoms with Crippen LogP contribution in [-0.4, -0.2) is 16.0 Å². The summed E-state index contributed by atoms with van der Waals surface area (Å²) in [7, 11) is 0. The molecular weight excluding hydrogens is 204 g/mol. The fourth-order valence-corrected chi connectivity index (χ4v) is 1.63. The molecule has 2 heterocycles. The molecule has 1 atom stereocenters. The van der Waals surface area contributed by atoms with E-state index in [1.54, 1.807) is 6.26 Å². The molecule has 86 valence electrons. The molecule has 0 bridgehead atoms. The summed E-state index contributed by atoms with van der Waals surface area (Å²) in [4.78, 5) is 7.21. The molecule has 0 saturated heterocycles. The van der Waals surface area contributed by atoms with Gasteiger partial charge in [0, 0.05) is 12.5 Å². The van der Waals surface area contributed by atoms with Crippen LogP contribution < -0.4 is 11.1 Å². The number of nitrogens with zero attached hydrogens (tertiary/aromatic N) is 1. The van der Waals surface area contributed by atoms with Crippen molar-refractivity contribution in [3.8, 4) is 0 Å². The molecule has 0 radical (unpaired) electrons. The van der Waals surface area contributed by atoms with Crippen LogP contribution in [0.15, 0.2) is 22.8 Å². The second-order valence-electron chi connectivity index (χ2n) is 3.91. The maximum atomic E-state index is 5.76. The van der Waals surface area contributed by atoms with E-state index in [2.05, 4.69) is 22.2 Å². The first kappa shape index (κ1) is 10.6. The van der Waals surface area contributed by atoms with Crippen LogP contribution in [0.4, 0.5) is 11.6 Å². The highest BCUT2D eigenvalue weighted by Gasteiger charge is 2.10. The summed E-state index contributed by atoms with van der Waals surface area (Å²) >= 11 is 0. The molecule has 0 aliphatic carbocycles. The van der Waals surface area contributed by atoms with Crippen molar-refractivity contribution in [2.45, 2.75) is 26.3 Å². The topological polar surface area (TPSA) is 79.9 Å². The Kier molecular flexibility index (Phi) is 2.85. The lowest BCUT2D eigenvalue weighted by Gasteiger charge is -2.11. The van der Waals surface area contributed by atoms with Crippen molar-refractivity contribution in [3.63, 3.8) is 0 Å². The fraction of sp³-hybridized carbons (Fsp3) is 0.364. The van der Waals surface area contributed by atoms with Crippen molar-refractivity contribution in [2.75, 3.05) is 11.1 Å². The predicted molar refractivity (Wildman–Crippen MR) is 63.2 cm³/mol. The first-order chi connectivity index (χ1) is 7.65. The lowest BCUT2D eigenvalue weighted by molar-refractivity contribution is 0.497. The SMILES string of the molecule is Cc1nc(NC(C)Cc2ccco2)c(N)[nH]1. The van der Waals surface area contributed by atoms with E-state index in [0.29, 0.717) is 11.6 Å². The lowest BCUT2D eigenvalue weighted by Crippen LogP contribution is -2.18. The van der Waals surface area contributed by atoms with E-state index in [1.165, 1.54) is 0 Å². The Morgan fingerprint density at radius 2 is 2.44 bits per heavy atom. The predicted octanol–water partition coefficient (Wildman–Crippen LogP) is 1.94. The number of aromatic nitrogens is 2. The van der Waals surface area contributed by atoms with E-state index in [9.17, 15) is 0 Å². The van der Waals surface area contributed by atoms with E-state index in [1.807, 2.05) is 19.1 Å². The summed E-state index contributed by atoms with van der Waals surface area (Å²) in [6.07, 6.45) is 2.48. The summed E-state index contributed by atoms with van der Waals surface area (Å²) in [5.41, 5.74) is 5.76. The summed E-state index contributed by atoms with van der Waals surface area (Å²) in [6.45, 7) is 3.94. The first-order valence-electron chi connectivity index (χ1n) is 5.26. The molecule has 16 heavy (non-hydrogen) atoms. The number of aromatic amines is 1. The van der Waals surface area contributed by atoms with Gasteiger partial charge < -0.3 is 20.5 Å². The number of anilines is 2. The van der Waals surface area contributed by atoms with Crippen molar-refractivity contribution in [2.24, 2.45) is 0 Å². The Balaban J connectivity index is 1.97. The second kappa shape index (κ2) is 4.30. The van der Waals surface area contributed by atoms with Gasteiger partial charge in [0.25, 0.3) is 0 Å². The molecule has 0 fully saturated rings. The van der Waals surface area contributed by atoms with E-state index in [0.717, 1.165) is 18.0 Å².